The highest BCUT2D eigenvalue weighted by Gasteiger charge is 2.37. The summed E-state index contributed by atoms with van der Waals surface area (Å²) >= 11 is 3.54. The van der Waals surface area contributed by atoms with Crippen molar-refractivity contribution in [3.8, 4) is 12.1 Å². The van der Waals surface area contributed by atoms with Crippen molar-refractivity contribution in [3.63, 3.8) is 0 Å². The summed E-state index contributed by atoms with van der Waals surface area (Å²) in [6.07, 6.45) is 2.91. The van der Waals surface area contributed by atoms with Gasteiger partial charge in [-0.3, -0.25) is 9.89 Å². The number of amides is 1. The van der Waals surface area contributed by atoms with E-state index >= 15 is 0 Å². The highest BCUT2D eigenvalue weighted by Crippen LogP contribution is 2.46. The molecule has 4 rings (SSSR count). The third-order valence-electron chi connectivity index (χ3n) is 5.46. The van der Waals surface area contributed by atoms with Gasteiger partial charge in [-0.2, -0.15) is 15.6 Å². The van der Waals surface area contributed by atoms with Crippen LogP contribution in [0.2, 0.25) is 0 Å². The Morgan fingerprint density at radius 2 is 2.11 bits per heavy atom. The van der Waals surface area contributed by atoms with E-state index in [2.05, 4.69) is 43.6 Å². The maximum absolute atomic E-state index is 12.3. The number of nitrogens with one attached hydrogen (secondary N) is 2. The van der Waals surface area contributed by atoms with E-state index in [0.717, 1.165) is 23.2 Å². The number of benzene rings is 1. The van der Waals surface area contributed by atoms with Gasteiger partial charge in [-0.05, 0) is 34.0 Å². The largest absolute Gasteiger partial charge is 0.346 e. The van der Waals surface area contributed by atoms with Gasteiger partial charge in [0, 0.05) is 47.9 Å². The minimum Gasteiger partial charge on any atom is -0.346 e. The normalized spacial score (nSPS) is 21.6. The molecular formula is C20H17BrN6O. The second-order valence-electron chi connectivity index (χ2n) is 7.01. The number of hydrogen-bond donors (Lipinski definition) is 2. The zero-order valence-electron chi connectivity index (χ0n) is 15.2. The predicted octanol–water partition coefficient (Wildman–Crippen LogP) is 3.25. The quantitative estimate of drug-likeness (QED) is 0.750. The van der Waals surface area contributed by atoms with E-state index in [-0.39, 0.29) is 17.7 Å². The first-order chi connectivity index (χ1) is 13.5. The molecule has 1 aromatic carbocycles. The molecule has 2 unspecified atom stereocenters. The number of nitrogens with zero attached hydrogens (tertiary/aromatic N) is 4. The molecular weight excluding hydrogens is 420 g/mol. The fourth-order valence-electron chi connectivity index (χ4n) is 3.94. The molecule has 1 amide bonds. The molecule has 2 aliphatic heterocycles. The Balaban J connectivity index is 1.87. The first-order valence-corrected chi connectivity index (χ1v) is 9.71. The minimum atomic E-state index is -0.368. The van der Waals surface area contributed by atoms with Gasteiger partial charge in [0.15, 0.2) is 5.82 Å². The number of aromatic amines is 1. The number of allylic oxidation sites excluding steroid dienone is 2. The average Bonchev–Trinajstić information content (AvgIpc) is 3.17. The third-order valence-corrected chi connectivity index (χ3v) is 6.35. The first-order valence-electron chi connectivity index (χ1n) is 8.92. The number of halogens is 1. The second-order valence-corrected chi connectivity index (χ2v) is 7.80. The smallest absolute Gasteiger partial charge is 0.222 e. The Kier molecular flexibility index (Phi) is 4.66. The van der Waals surface area contributed by atoms with Gasteiger partial charge >= 0.3 is 0 Å². The van der Waals surface area contributed by atoms with Gasteiger partial charge < -0.3 is 10.2 Å². The summed E-state index contributed by atoms with van der Waals surface area (Å²) in [6.45, 7) is 0.652. The van der Waals surface area contributed by atoms with Crippen molar-refractivity contribution in [1.29, 1.82) is 10.5 Å². The highest BCUT2D eigenvalue weighted by molar-refractivity contribution is 9.10. The Morgan fingerprint density at radius 1 is 1.29 bits per heavy atom. The highest BCUT2D eigenvalue weighted by atomic mass is 79.9. The van der Waals surface area contributed by atoms with Crippen LogP contribution < -0.4 is 5.32 Å². The molecule has 0 spiro atoms. The average molecular weight is 437 g/mol. The molecule has 0 radical (unpaired) electrons. The van der Waals surface area contributed by atoms with Crippen molar-refractivity contribution in [1.82, 2.24) is 15.1 Å². The molecule has 140 valence electrons. The Morgan fingerprint density at radius 3 is 2.82 bits per heavy atom. The van der Waals surface area contributed by atoms with Crippen molar-refractivity contribution in [2.24, 2.45) is 5.92 Å². The van der Waals surface area contributed by atoms with Crippen molar-refractivity contribution >= 4 is 27.7 Å². The summed E-state index contributed by atoms with van der Waals surface area (Å²) in [5.41, 5.74) is 3.50. The van der Waals surface area contributed by atoms with E-state index in [9.17, 15) is 15.3 Å². The summed E-state index contributed by atoms with van der Waals surface area (Å²) in [4.78, 5) is 14.0. The lowest BCUT2D eigenvalue weighted by Crippen LogP contribution is -2.38. The van der Waals surface area contributed by atoms with Gasteiger partial charge in [0.05, 0.1) is 23.1 Å². The van der Waals surface area contributed by atoms with Crippen LogP contribution in [-0.4, -0.2) is 34.6 Å². The number of aromatic nitrogens is 2. The third kappa shape index (κ3) is 2.87. The molecule has 0 bridgehead atoms. The molecule has 2 aromatic rings. The number of likely N-dealkylation sites (tertiary alicyclic amines) is 1. The molecule has 0 saturated carbocycles. The maximum atomic E-state index is 12.3. The van der Waals surface area contributed by atoms with Crippen molar-refractivity contribution < 1.29 is 4.79 Å². The zero-order chi connectivity index (χ0) is 19.8. The molecule has 3 heterocycles. The van der Waals surface area contributed by atoms with Crippen LogP contribution in [0.4, 0.5) is 5.82 Å². The van der Waals surface area contributed by atoms with Gasteiger partial charge in [-0.25, -0.2) is 0 Å². The first kappa shape index (κ1) is 18.3. The van der Waals surface area contributed by atoms with E-state index in [1.165, 1.54) is 0 Å². The van der Waals surface area contributed by atoms with E-state index in [4.69, 9.17) is 0 Å². The van der Waals surface area contributed by atoms with Crippen LogP contribution in [0.5, 0.6) is 0 Å². The number of anilines is 1. The predicted molar refractivity (Wildman–Crippen MR) is 106 cm³/mol. The standard InChI is InChI=1S/C20H17BrN6O/c1-27-6-5-11(7-16(27)28)19-14(9-23)17(15-10-24-26-20(15)25-19)13-4-2-3-12(8-22)18(13)21/h2-4,10-11,17H,5-7H2,1H3,(H2,24,25,26). The van der Waals surface area contributed by atoms with E-state index in [0.29, 0.717) is 34.4 Å². The number of hydrogen-bond acceptors (Lipinski definition) is 5. The van der Waals surface area contributed by atoms with Crippen LogP contribution in [0.3, 0.4) is 0 Å². The Hall–Kier alpha value is -3.10. The fourth-order valence-corrected chi connectivity index (χ4v) is 4.53. The lowest BCUT2D eigenvalue weighted by Gasteiger charge is -2.34. The molecule has 28 heavy (non-hydrogen) atoms. The van der Waals surface area contributed by atoms with Gasteiger partial charge in [0.1, 0.15) is 6.07 Å². The summed E-state index contributed by atoms with van der Waals surface area (Å²) in [5, 5.41) is 29.9. The van der Waals surface area contributed by atoms with Gasteiger partial charge in [-0.15, -0.1) is 0 Å². The lowest BCUT2D eigenvalue weighted by atomic mass is 9.78. The van der Waals surface area contributed by atoms with Crippen molar-refractivity contribution in [2.75, 3.05) is 18.9 Å². The number of carbonyl (C=O) groups is 1. The molecule has 1 fully saturated rings. The summed E-state index contributed by atoms with van der Waals surface area (Å²) < 4.78 is 0.670. The second kappa shape index (κ2) is 7.14. The molecule has 2 atom stereocenters. The molecule has 2 N–H and O–H groups in total. The zero-order valence-corrected chi connectivity index (χ0v) is 16.7. The topological polar surface area (TPSA) is 109 Å². The maximum Gasteiger partial charge on any atom is 0.222 e. The minimum absolute atomic E-state index is 0.0661. The Labute approximate surface area is 170 Å². The number of rotatable bonds is 2. The van der Waals surface area contributed by atoms with E-state index in [1.54, 1.807) is 24.2 Å². The molecule has 2 aliphatic rings. The van der Waals surface area contributed by atoms with Crippen LogP contribution >= 0.6 is 15.9 Å². The number of fused-ring (bicyclic) bond motifs is 1. The number of carbonyl (C=O) groups excluding carboxylic acids is 1. The molecule has 8 heteroatoms. The van der Waals surface area contributed by atoms with Crippen molar-refractivity contribution in [3.05, 3.63) is 56.8 Å². The molecule has 1 aromatic heterocycles. The number of nitriles is 2. The van der Waals surface area contributed by atoms with Crippen molar-refractivity contribution in [2.45, 2.75) is 18.8 Å². The number of piperidine rings is 1. The summed E-state index contributed by atoms with van der Waals surface area (Å²) in [5.74, 6) is 0.288. The number of H-pyrrole nitrogens is 1. The molecule has 1 saturated heterocycles. The van der Waals surface area contributed by atoms with Crippen LogP contribution in [0, 0.1) is 28.6 Å². The summed E-state index contributed by atoms with van der Waals surface area (Å²) in [7, 11) is 1.80. The van der Waals surface area contributed by atoms with Crippen LogP contribution in [0.25, 0.3) is 0 Å². The van der Waals surface area contributed by atoms with Gasteiger partial charge in [0.25, 0.3) is 0 Å². The Bertz CT molecular complexity index is 1070. The van der Waals surface area contributed by atoms with E-state index < -0.39 is 0 Å². The SMILES string of the molecule is CN1CCC(C2=C(C#N)C(c3cccc(C#N)c3Br)c3c[nH]nc3N2)CC1=O. The summed E-state index contributed by atoms with van der Waals surface area (Å²) in [6, 6.07) is 10.00. The van der Waals surface area contributed by atoms with E-state index in [1.807, 2.05) is 12.1 Å². The molecule has 0 aliphatic carbocycles. The van der Waals surface area contributed by atoms with Crippen LogP contribution in [0.1, 0.15) is 35.4 Å². The van der Waals surface area contributed by atoms with Crippen LogP contribution in [0.15, 0.2) is 40.1 Å². The van der Waals surface area contributed by atoms with Gasteiger partial charge in [0.2, 0.25) is 5.91 Å². The molecule has 7 nitrogen and oxygen atoms in total. The van der Waals surface area contributed by atoms with Gasteiger partial charge in [-0.1, -0.05) is 12.1 Å². The fraction of sp³-hybridized carbons (Fsp3) is 0.300. The lowest BCUT2D eigenvalue weighted by molar-refractivity contribution is -0.132. The monoisotopic (exact) mass is 436 g/mol. The van der Waals surface area contributed by atoms with Crippen LogP contribution in [-0.2, 0) is 4.79 Å².